The highest BCUT2D eigenvalue weighted by atomic mass is 16.2. The van der Waals surface area contributed by atoms with Crippen LogP contribution in [0, 0.1) is 0 Å². The normalized spacial score (nSPS) is 22.1. The van der Waals surface area contributed by atoms with E-state index < -0.39 is 0 Å². The molecule has 1 aromatic carbocycles. The van der Waals surface area contributed by atoms with E-state index in [4.69, 9.17) is 10.7 Å². The van der Waals surface area contributed by atoms with Crippen molar-refractivity contribution in [2.75, 3.05) is 5.73 Å². The van der Waals surface area contributed by atoms with E-state index >= 15 is 0 Å². The first-order valence-electron chi connectivity index (χ1n) is 11.4. The monoisotopic (exact) mass is 454 g/mol. The molecule has 6 heterocycles. The number of nitrogens with two attached hydrogens (primary N) is 1. The lowest BCUT2D eigenvalue weighted by Crippen LogP contribution is -2.46. The number of nitrogens with zero attached hydrogens (tertiary/aromatic N) is 7. The fraction of sp³-hybridized carbons (Fsp3) is 0.304. The van der Waals surface area contributed by atoms with Crippen molar-refractivity contribution >= 4 is 28.3 Å². The highest BCUT2D eigenvalue weighted by Gasteiger charge is 2.45. The Bertz CT molecular complexity index is 1520. The molecule has 5 aromatic rings. The van der Waals surface area contributed by atoms with Gasteiger partial charge in [0.1, 0.15) is 12.1 Å². The van der Waals surface area contributed by atoms with E-state index in [2.05, 4.69) is 30.5 Å². The van der Waals surface area contributed by atoms with Crippen LogP contribution in [0.5, 0.6) is 0 Å². The lowest BCUT2D eigenvalue weighted by molar-refractivity contribution is 0.0557. The summed E-state index contributed by atoms with van der Waals surface area (Å²) in [7, 11) is 0. The van der Waals surface area contributed by atoms with Crippen LogP contribution in [0.1, 0.15) is 47.9 Å². The number of carbonyl (C=O) groups excluding carboxylic acids is 1. The number of aromatic nitrogens is 8. The molecular weight excluding hydrogens is 432 g/mol. The molecule has 0 unspecified atom stereocenters. The van der Waals surface area contributed by atoms with E-state index in [-0.39, 0.29) is 23.9 Å². The number of aromatic amines is 2. The standard InChI is InChI=1S/C23H22N10O/c24-20-8-19(12-6-13-4-5-14(7-12)32(13)23(34)21-25-11-27-31-21)29-22-17(10-28-33(20)22)15-2-1-3-18-16(15)9-26-30-18/h1-3,8-14H,4-7,24H2,(H,26,30)(H,25,27,31)/t12-,13-,14+. The Morgan fingerprint density at radius 2 is 1.91 bits per heavy atom. The van der Waals surface area contributed by atoms with Crippen molar-refractivity contribution in [2.24, 2.45) is 0 Å². The molecule has 11 heteroatoms. The second kappa shape index (κ2) is 7.11. The fourth-order valence-corrected chi connectivity index (χ4v) is 5.79. The van der Waals surface area contributed by atoms with Crippen LogP contribution in [0.3, 0.4) is 0 Å². The summed E-state index contributed by atoms with van der Waals surface area (Å²) in [6.45, 7) is 0. The molecule has 0 radical (unpaired) electrons. The molecule has 2 bridgehead atoms. The quantitative estimate of drug-likeness (QED) is 0.379. The average Bonchev–Trinajstić information content (AvgIpc) is 3.64. The Hall–Kier alpha value is -4.28. The second-order valence-electron chi connectivity index (χ2n) is 9.14. The van der Waals surface area contributed by atoms with Gasteiger partial charge in [0.25, 0.3) is 5.91 Å². The van der Waals surface area contributed by atoms with Crippen LogP contribution < -0.4 is 5.73 Å². The smallest absolute Gasteiger partial charge is 0.291 e. The van der Waals surface area contributed by atoms with Crippen LogP contribution in [-0.2, 0) is 0 Å². The largest absolute Gasteiger partial charge is 0.384 e. The number of H-pyrrole nitrogens is 2. The topological polar surface area (TPSA) is 147 Å². The lowest BCUT2D eigenvalue weighted by Gasteiger charge is -2.38. The first kappa shape index (κ1) is 19.2. The SMILES string of the molecule is Nc1cc([C@@H]2C[C@H]3CC[C@@H](C2)N3C(=O)c2ncn[nH]2)nc2c(-c3cccc4[nH]ncc34)cnn12. The molecule has 7 rings (SSSR count). The number of benzene rings is 1. The summed E-state index contributed by atoms with van der Waals surface area (Å²) >= 11 is 0. The summed E-state index contributed by atoms with van der Waals surface area (Å²) in [5, 5.41) is 19.3. The number of hydrogen-bond donors (Lipinski definition) is 3. The molecule has 2 aliphatic rings. The van der Waals surface area contributed by atoms with Gasteiger partial charge in [0, 0.05) is 40.7 Å². The third-order valence-corrected chi connectivity index (χ3v) is 7.30. The van der Waals surface area contributed by atoms with Crippen molar-refractivity contribution in [3.8, 4) is 11.1 Å². The average molecular weight is 454 g/mol. The summed E-state index contributed by atoms with van der Waals surface area (Å²) in [5.74, 6) is 1.00. The number of carbonyl (C=O) groups is 1. The molecule has 3 atom stereocenters. The number of fused-ring (bicyclic) bond motifs is 4. The molecule has 2 saturated heterocycles. The van der Waals surface area contributed by atoms with Crippen molar-refractivity contribution in [3.63, 3.8) is 0 Å². The van der Waals surface area contributed by atoms with Crippen LogP contribution in [0.25, 0.3) is 27.7 Å². The van der Waals surface area contributed by atoms with Crippen molar-refractivity contribution in [2.45, 2.75) is 43.7 Å². The third-order valence-electron chi connectivity index (χ3n) is 7.30. The Morgan fingerprint density at radius 1 is 1.06 bits per heavy atom. The fourth-order valence-electron chi connectivity index (χ4n) is 5.79. The van der Waals surface area contributed by atoms with Gasteiger partial charge in [-0.15, -0.1) is 0 Å². The van der Waals surface area contributed by atoms with Crippen LogP contribution in [0.4, 0.5) is 5.82 Å². The maximum absolute atomic E-state index is 13.0. The van der Waals surface area contributed by atoms with Gasteiger partial charge >= 0.3 is 0 Å². The van der Waals surface area contributed by atoms with Crippen LogP contribution in [0.2, 0.25) is 0 Å². The molecular formula is C23H22N10O. The highest BCUT2D eigenvalue weighted by Crippen LogP contribution is 2.44. The highest BCUT2D eigenvalue weighted by molar-refractivity contribution is 5.97. The van der Waals surface area contributed by atoms with E-state index in [1.807, 2.05) is 41.6 Å². The van der Waals surface area contributed by atoms with E-state index in [1.165, 1.54) is 6.33 Å². The number of piperidine rings is 1. The van der Waals surface area contributed by atoms with Gasteiger partial charge in [-0.3, -0.25) is 15.0 Å². The number of rotatable bonds is 3. The minimum absolute atomic E-state index is 0.0716. The summed E-state index contributed by atoms with van der Waals surface area (Å²) in [6.07, 6.45) is 8.67. The molecule has 0 spiro atoms. The Kier molecular flexibility index (Phi) is 4.02. The van der Waals surface area contributed by atoms with Gasteiger partial charge in [-0.1, -0.05) is 12.1 Å². The van der Waals surface area contributed by atoms with Gasteiger partial charge in [-0.05, 0) is 37.3 Å². The van der Waals surface area contributed by atoms with Gasteiger partial charge in [-0.2, -0.15) is 19.8 Å². The molecule has 11 nitrogen and oxygen atoms in total. The molecule has 34 heavy (non-hydrogen) atoms. The second-order valence-corrected chi connectivity index (χ2v) is 9.14. The van der Waals surface area contributed by atoms with Crippen LogP contribution in [0.15, 0.2) is 43.0 Å². The summed E-state index contributed by atoms with van der Waals surface area (Å²) in [4.78, 5) is 24.1. The minimum Gasteiger partial charge on any atom is -0.384 e. The first-order valence-corrected chi connectivity index (χ1v) is 11.4. The zero-order chi connectivity index (χ0) is 22.8. The Balaban J connectivity index is 1.26. The predicted molar refractivity (Wildman–Crippen MR) is 124 cm³/mol. The molecule has 0 aliphatic carbocycles. The van der Waals surface area contributed by atoms with Gasteiger partial charge in [-0.25, -0.2) is 9.97 Å². The van der Waals surface area contributed by atoms with Crippen molar-refractivity contribution in [1.29, 1.82) is 0 Å². The maximum atomic E-state index is 13.0. The van der Waals surface area contributed by atoms with Gasteiger partial charge in [0.05, 0.1) is 17.9 Å². The number of hydrogen-bond acceptors (Lipinski definition) is 7. The Morgan fingerprint density at radius 3 is 2.71 bits per heavy atom. The summed E-state index contributed by atoms with van der Waals surface area (Å²) in [5.41, 5.74) is 11.0. The van der Waals surface area contributed by atoms with Crippen molar-refractivity contribution in [3.05, 3.63) is 54.5 Å². The van der Waals surface area contributed by atoms with Crippen LogP contribution >= 0.6 is 0 Å². The van der Waals surface area contributed by atoms with E-state index in [1.54, 1.807) is 4.52 Å². The molecule has 2 aliphatic heterocycles. The van der Waals surface area contributed by atoms with Crippen molar-refractivity contribution in [1.82, 2.24) is 44.9 Å². The number of nitrogens with one attached hydrogen (secondary N) is 2. The molecule has 170 valence electrons. The van der Waals surface area contributed by atoms with Crippen molar-refractivity contribution < 1.29 is 4.79 Å². The molecule has 2 fully saturated rings. The number of amides is 1. The van der Waals surface area contributed by atoms with Gasteiger partial charge in [0.15, 0.2) is 5.65 Å². The first-order chi connectivity index (χ1) is 16.7. The summed E-state index contributed by atoms with van der Waals surface area (Å²) in [6, 6.07) is 8.28. The molecule has 4 aromatic heterocycles. The number of nitrogen functional groups attached to an aromatic ring is 1. The zero-order valence-corrected chi connectivity index (χ0v) is 18.2. The predicted octanol–water partition coefficient (Wildman–Crippen LogP) is 2.52. The van der Waals surface area contributed by atoms with E-state index in [0.717, 1.165) is 59.1 Å². The van der Waals surface area contributed by atoms with Gasteiger partial charge in [0.2, 0.25) is 5.82 Å². The van der Waals surface area contributed by atoms with Crippen LogP contribution in [-0.4, -0.2) is 62.9 Å². The van der Waals surface area contributed by atoms with Gasteiger partial charge < -0.3 is 10.6 Å². The minimum atomic E-state index is -0.0716. The zero-order valence-electron chi connectivity index (χ0n) is 18.2. The lowest BCUT2D eigenvalue weighted by atomic mass is 9.87. The summed E-state index contributed by atoms with van der Waals surface area (Å²) < 4.78 is 1.69. The molecule has 0 saturated carbocycles. The number of anilines is 1. The Labute approximate surface area is 193 Å². The molecule has 4 N–H and O–H groups in total. The molecule has 1 amide bonds. The third kappa shape index (κ3) is 2.76. The maximum Gasteiger partial charge on any atom is 0.291 e. The van der Waals surface area contributed by atoms with E-state index in [0.29, 0.717) is 11.6 Å². The van der Waals surface area contributed by atoms with E-state index in [9.17, 15) is 4.79 Å².